The smallest absolute Gasteiger partial charge is 0.260 e. The molecule has 0 saturated carbocycles. The first kappa shape index (κ1) is 17.3. The fourth-order valence-electron chi connectivity index (χ4n) is 2.99. The molecule has 1 aromatic carbocycles. The lowest BCUT2D eigenvalue weighted by atomic mass is 9.85. The van der Waals surface area contributed by atoms with Crippen LogP contribution in [0.1, 0.15) is 33.1 Å². The minimum atomic E-state index is -0.296. The Morgan fingerprint density at radius 2 is 2.00 bits per heavy atom. The summed E-state index contributed by atoms with van der Waals surface area (Å²) in [5.74, 6) is -0.0336. The molecule has 1 atom stereocenters. The summed E-state index contributed by atoms with van der Waals surface area (Å²) in [6, 6.07) is 3.11. The number of carbonyl (C=O) groups excluding carboxylic acids is 2. The van der Waals surface area contributed by atoms with Crippen LogP contribution in [0.2, 0.25) is 10.0 Å². The molecule has 0 aromatic heterocycles. The lowest BCUT2D eigenvalue weighted by molar-refractivity contribution is -0.128. The van der Waals surface area contributed by atoms with E-state index in [1.165, 1.54) is 11.0 Å². The molecule has 0 fully saturated rings. The second-order valence-electron chi connectivity index (χ2n) is 6.61. The van der Waals surface area contributed by atoms with Gasteiger partial charge < -0.3 is 4.74 Å². The number of carbonyl (C=O) groups is 2. The van der Waals surface area contributed by atoms with Crippen LogP contribution in [0, 0.1) is 11.8 Å². The van der Waals surface area contributed by atoms with Crippen LogP contribution >= 0.6 is 23.2 Å². The second kappa shape index (κ2) is 6.77. The van der Waals surface area contributed by atoms with Crippen molar-refractivity contribution in [1.29, 1.82) is 0 Å². The van der Waals surface area contributed by atoms with E-state index in [9.17, 15) is 9.59 Å². The molecule has 0 saturated heterocycles. The maximum Gasteiger partial charge on any atom is 0.260 e. The Hall–Kier alpha value is -1.52. The molecule has 1 aliphatic carbocycles. The Bertz CT molecular complexity index is 727. The summed E-state index contributed by atoms with van der Waals surface area (Å²) >= 11 is 12.5. The minimum absolute atomic E-state index is 0.234. The van der Waals surface area contributed by atoms with Crippen molar-refractivity contribution in [3.63, 3.8) is 0 Å². The van der Waals surface area contributed by atoms with E-state index in [2.05, 4.69) is 0 Å². The Morgan fingerprint density at radius 1 is 1.25 bits per heavy atom. The van der Waals surface area contributed by atoms with Gasteiger partial charge in [-0.05, 0) is 31.2 Å². The molecule has 2 bridgehead atoms. The van der Waals surface area contributed by atoms with Crippen LogP contribution in [-0.4, -0.2) is 18.4 Å². The molecule has 1 aromatic rings. The lowest BCUT2D eigenvalue weighted by Gasteiger charge is -2.33. The molecule has 1 aliphatic heterocycles. The van der Waals surface area contributed by atoms with Gasteiger partial charge in [-0.25, -0.2) is 4.90 Å². The second-order valence-corrected chi connectivity index (χ2v) is 7.42. The van der Waals surface area contributed by atoms with Crippen LogP contribution in [0.5, 0.6) is 5.75 Å². The van der Waals surface area contributed by atoms with Crippen LogP contribution < -0.4 is 9.64 Å². The number of hydrogen-bond acceptors (Lipinski definition) is 3. The molecule has 0 radical (unpaired) electrons. The zero-order valence-corrected chi connectivity index (χ0v) is 15.2. The third-order valence-corrected chi connectivity index (χ3v) is 4.79. The van der Waals surface area contributed by atoms with Gasteiger partial charge in [0.15, 0.2) is 0 Å². The highest BCUT2D eigenvalue weighted by Crippen LogP contribution is 2.40. The summed E-state index contributed by atoms with van der Waals surface area (Å²) in [7, 11) is 0. The SMILES string of the molecule is CC(C)COc1cc(N2C(=O)C3=CC(CCC3)C2=O)c(Cl)cc1Cl. The van der Waals surface area contributed by atoms with Crippen molar-refractivity contribution in [2.24, 2.45) is 11.8 Å². The average Bonchev–Trinajstić information content (AvgIpc) is 2.54. The first-order valence-electron chi connectivity index (χ1n) is 8.09. The predicted molar refractivity (Wildman–Crippen MR) is 94.7 cm³/mol. The molecular formula is C18H19Cl2NO3. The number of benzene rings is 1. The zero-order chi connectivity index (χ0) is 17.4. The summed E-state index contributed by atoms with van der Waals surface area (Å²) < 4.78 is 5.69. The third kappa shape index (κ3) is 3.17. The number of hydrogen-bond donors (Lipinski definition) is 0. The highest BCUT2D eigenvalue weighted by Gasteiger charge is 2.39. The summed E-state index contributed by atoms with van der Waals surface area (Å²) in [5.41, 5.74) is 1.02. The number of halogens is 2. The lowest BCUT2D eigenvalue weighted by Crippen LogP contribution is -2.46. The van der Waals surface area contributed by atoms with Gasteiger partial charge in [-0.3, -0.25) is 9.59 Å². The molecule has 4 nitrogen and oxygen atoms in total. The molecule has 2 aliphatic rings. The van der Waals surface area contributed by atoms with Crippen molar-refractivity contribution >= 4 is 40.7 Å². The molecule has 6 heteroatoms. The van der Waals surface area contributed by atoms with Crippen LogP contribution in [-0.2, 0) is 9.59 Å². The predicted octanol–water partition coefficient (Wildman–Crippen LogP) is 4.63. The van der Waals surface area contributed by atoms with Crippen LogP contribution in [0.4, 0.5) is 5.69 Å². The van der Waals surface area contributed by atoms with Crippen molar-refractivity contribution in [1.82, 2.24) is 0 Å². The van der Waals surface area contributed by atoms with Crippen molar-refractivity contribution in [2.75, 3.05) is 11.5 Å². The molecule has 0 N–H and O–H groups in total. The monoisotopic (exact) mass is 367 g/mol. The number of imide groups is 1. The highest BCUT2D eigenvalue weighted by molar-refractivity contribution is 6.39. The number of amides is 2. The summed E-state index contributed by atoms with van der Waals surface area (Å²) in [5, 5.41) is 0.625. The van der Waals surface area contributed by atoms with E-state index in [-0.39, 0.29) is 22.8 Å². The van der Waals surface area contributed by atoms with E-state index >= 15 is 0 Å². The quantitative estimate of drug-likeness (QED) is 0.728. The van der Waals surface area contributed by atoms with Gasteiger partial charge in [-0.15, -0.1) is 0 Å². The van der Waals surface area contributed by atoms with Gasteiger partial charge in [0.2, 0.25) is 5.91 Å². The van der Waals surface area contributed by atoms with Crippen molar-refractivity contribution in [2.45, 2.75) is 33.1 Å². The molecule has 3 rings (SSSR count). The van der Waals surface area contributed by atoms with Crippen molar-refractivity contribution < 1.29 is 14.3 Å². The largest absolute Gasteiger partial charge is 0.492 e. The number of rotatable bonds is 4. The Labute approximate surface area is 151 Å². The minimum Gasteiger partial charge on any atom is -0.492 e. The number of anilines is 1. The molecular weight excluding hydrogens is 349 g/mol. The number of ether oxygens (including phenoxy) is 1. The van der Waals surface area contributed by atoms with Gasteiger partial charge in [0.25, 0.3) is 5.91 Å². The Morgan fingerprint density at radius 3 is 2.71 bits per heavy atom. The van der Waals surface area contributed by atoms with Crippen molar-refractivity contribution in [3.8, 4) is 5.75 Å². The fraction of sp³-hybridized carbons (Fsp3) is 0.444. The fourth-order valence-corrected chi connectivity index (χ4v) is 3.51. The molecule has 0 spiro atoms. The maximum absolute atomic E-state index is 12.7. The van der Waals surface area contributed by atoms with Crippen LogP contribution in [0.3, 0.4) is 0 Å². The molecule has 2 amide bonds. The Kier molecular flexibility index (Phi) is 4.88. The zero-order valence-electron chi connectivity index (χ0n) is 13.6. The average molecular weight is 368 g/mol. The van der Waals surface area contributed by atoms with Gasteiger partial charge in [0, 0.05) is 11.6 Å². The van der Waals surface area contributed by atoms with Crippen LogP contribution in [0.15, 0.2) is 23.8 Å². The molecule has 128 valence electrons. The summed E-state index contributed by atoms with van der Waals surface area (Å²) in [4.78, 5) is 26.5. The van der Waals surface area contributed by atoms with E-state index in [0.717, 1.165) is 12.8 Å². The van der Waals surface area contributed by atoms with Crippen molar-refractivity contribution in [3.05, 3.63) is 33.8 Å². The first-order chi connectivity index (χ1) is 11.4. The molecule has 1 heterocycles. The van der Waals surface area contributed by atoms with Gasteiger partial charge in [0.05, 0.1) is 28.3 Å². The van der Waals surface area contributed by atoms with E-state index in [1.807, 2.05) is 13.8 Å². The normalized spacial score (nSPS) is 20.5. The van der Waals surface area contributed by atoms with E-state index in [0.29, 0.717) is 41.0 Å². The van der Waals surface area contributed by atoms with Crippen LogP contribution in [0.25, 0.3) is 0 Å². The van der Waals surface area contributed by atoms with Gasteiger partial charge in [-0.2, -0.15) is 0 Å². The third-order valence-electron chi connectivity index (χ3n) is 4.19. The maximum atomic E-state index is 12.7. The Balaban J connectivity index is 1.99. The number of fused-ring (bicyclic) bond motifs is 1. The van der Waals surface area contributed by atoms with Gasteiger partial charge >= 0.3 is 0 Å². The van der Waals surface area contributed by atoms with Gasteiger partial charge in [-0.1, -0.05) is 43.1 Å². The molecule has 24 heavy (non-hydrogen) atoms. The summed E-state index contributed by atoms with van der Waals surface area (Å²) in [6.07, 6.45) is 4.11. The number of nitrogens with zero attached hydrogens (tertiary/aromatic N) is 1. The topological polar surface area (TPSA) is 46.6 Å². The van der Waals surface area contributed by atoms with E-state index in [4.69, 9.17) is 27.9 Å². The molecule has 1 unspecified atom stereocenters. The highest BCUT2D eigenvalue weighted by atomic mass is 35.5. The summed E-state index contributed by atoms with van der Waals surface area (Å²) in [6.45, 7) is 4.53. The standard InChI is InChI=1S/C18H19Cl2NO3/c1-10(2)9-24-16-8-15(13(19)7-14(16)20)21-17(22)11-4-3-5-12(6-11)18(21)23/h6-8,10-11H,3-5,9H2,1-2H3. The van der Waals surface area contributed by atoms with E-state index < -0.39 is 0 Å². The van der Waals surface area contributed by atoms with E-state index in [1.54, 1.807) is 12.1 Å². The first-order valence-corrected chi connectivity index (χ1v) is 8.85. The van der Waals surface area contributed by atoms with Gasteiger partial charge in [0.1, 0.15) is 5.75 Å².